The molecule has 1 aliphatic heterocycles. The van der Waals surface area contributed by atoms with Crippen molar-refractivity contribution < 1.29 is 4.74 Å². The van der Waals surface area contributed by atoms with Crippen LogP contribution in [0.2, 0.25) is 13.3 Å². The second-order valence-electron chi connectivity index (χ2n) is 8.48. The Bertz CT molecular complexity index is 489. The van der Waals surface area contributed by atoms with Gasteiger partial charge in [0, 0.05) is 0 Å². The van der Waals surface area contributed by atoms with Gasteiger partial charge in [0.05, 0.1) is 0 Å². The molecule has 0 saturated heterocycles. The van der Waals surface area contributed by atoms with Gasteiger partial charge in [-0.2, -0.15) is 0 Å². The molecule has 0 aromatic heterocycles. The summed E-state index contributed by atoms with van der Waals surface area (Å²) in [5.74, 6) is 0.568. The van der Waals surface area contributed by atoms with Gasteiger partial charge in [0.1, 0.15) is 0 Å². The monoisotopic (exact) mass is 452 g/mol. The van der Waals surface area contributed by atoms with E-state index in [0.29, 0.717) is 16.1 Å². The van der Waals surface area contributed by atoms with Crippen molar-refractivity contribution in [3.63, 3.8) is 0 Å². The minimum absolute atomic E-state index is 0.321. The molecule has 1 aliphatic rings. The van der Waals surface area contributed by atoms with E-state index in [1.807, 2.05) is 0 Å². The van der Waals surface area contributed by atoms with Crippen LogP contribution in [0.1, 0.15) is 94.5 Å². The molecule has 0 saturated carbocycles. The SMILES string of the molecule is CCC[CH2][Sn]([CH2]CCC)([CH2]CCC)[CH]1OC(C(C)C)c2ccccc21. The zero-order valence-electron chi connectivity index (χ0n) is 17.3. The fraction of sp³-hybridized carbons (Fsp3) is 0.739. The van der Waals surface area contributed by atoms with Gasteiger partial charge >= 0.3 is 161 Å². The van der Waals surface area contributed by atoms with Crippen LogP contribution in [0.3, 0.4) is 0 Å². The summed E-state index contributed by atoms with van der Waals surface area (Å²) in [6, 6.07) is 9.20. The van der Waals surface area contributed by atoms with Gasteiger partial charge in [0.2, 0.25) is 0 Å². The van der Waals surface area contributed by atoms with Gasteiger partial charge in [0.25, 0.3) is 0 Å². The van der Waals surface area contributed by atoms with Gasteiger partial charge in [-0.1, -0.05) is 0 Å². The van der Waals surface area contributed by atoms with Crippen molar-refractivity contribution >= 4 is 18.4 Å². The normalized spacial score (nSPS) is 20.2. The van der Waals surface area contributed by atoms with Gasteiger partial charge < -0.3 is 0 Å². The van der Waals surface area contributed by atoms with E-state index in [2.05, 4.69) is 58.9 Å². The summed E-state index contributed by atoms with van der Waals surface area (Å²) in [7, 11) is 0. The van der Waals surface area contributed by atoms with Crippen molar-refractivity contribution in [1.29, 1.82) is 0 Å². The molecule has 2 atom stereocenters. The van der Waals surface area contributed by atoms with Crippen LogP contribution in [0.25, 0.3) is 0 Å². The Balaban J connectivity index is 2.40. The third kappa shape index (κ3) is 5.03. The number of fused-ring (bicyclic) bond motifs is 1. The van der Waals surface area contributed by atoms with Gasteiger partial charge in [-0.25, -0.2) is 0 Å². The maximum absolute atomic E-state index is 6.94. The van der Waals surface area contributed by atoms with Crippen LogP contribution >= 0.6 is 0 Å². The number of hydrogen-bond donors (Lipinski definition) is 0. The van der Waals surface area contributed by atoms with Crippen LogP contribution < -0.4 is 0 Å². The summed E-state index contributed by atoms with van der Waals surface area (Å²) < 4.78 is 12.0. The molecule has 1 nitrogen and oxygen atoms in total. The zero-order chi connectivity index (χ0) is 18.3. The predicted molar refractivity (Wildman–Crippen MR) is 113 cm³/mol. The summed E-state index contributed by atoms with van der Waals surface area (Å²) in [5, 5.41) is 0. The fourth-order valence-corrected chi connectivity index (χ4v) is 22.0. The summed E-state index contributed by atoms with van der Waals surface area (Å²) in [6.45, 7) is 11.7. The first kappa shape index (κ1) is 21.3. The summed E-state index contributed by atoms with van der Waals surface area (Å²) in [6.07, 6.45) is 8.56. The van der Waals surface area contributed by atoms with E-state index >= 15 is 0 Å². The molecule has 2 rings (SSSR count). The molecular weight excluding hydrogens is 411 g/mol. The van der Waals surface area contributed by atoms with E-state index in [4.69, 9.17) is 4.74 Å². The summed E-state index contributed by atoms with van der Waals surface area (Å²) in [5.41, 5.74) is 3.09. The third-order valence-corrected chi connectivity index (χ3v) is 22.1. The molecule has 142 valence electrons. The van der Waals surface area contributed by atoms with Gasteiger partial charge in [-0.05, 0) is 0 Å². The van der Waals surface area contributed by atoms with Crippen molar-refractivity contribution in [2.45, 2.75) is 96.7 Å². The molecule has 0 radical (unpaired) electrons. The quantitative estimate of drug-likeness (QED) is 0.312. The molecule has 1 aromatic carbocycles. The Morgan fingerprint density at radius 1 is 0.840 bits per heavy atom. The van der Waals surface area contributed by atoms with Gasteiger partial charge in [-0.3, -0.25) is 0 Å². The Kier molecular flexibility index (Phi) is 8.81. The second-order valence-corrected chi connectivity index (χ2v) is 22.0. The molecule has 0 fully saturated rings. The number of unbranched alkanes of at least 4 members (excludes halogenated alkanes) is 3. The first-order valence-electron chi connectivity index (χ1n) is 10.8. The average molecular weight is 451 g/mol. The standard InChI is InChI=1S/C11H13O.3C4H9.Sn/c1-8(2)11-10-6-4-3-5-9(10)7-12-11;3*1-3-4-2;/h3-8,11H,1-2H3;3*1,3-4H2,2H3;. The van der Waals surface area contributed by atoms with Crippen LogP contribution in [0.5, 0.6) is 0 Å². The molecular formula is C23H40OSn. The average Bonchev–Trinajstić information content (AvgIpc) is 3.02. The van der Waals surface area contributed by atoms with Crippen LogP contribution in [0.4, 0.5) is 0 Å². The number of rotatable bonds is 11. The van der Waals surface area contributed by atoms with Crippen LogP contribution in [-0.4, -0.2) is 18.4 Å². The molecule has 0 bridgehead atoms. The fourth-order valence-electron chi connectivity index (χ4n) is 4.65. The van der Waals surface area contributed by atoms with Crippen molar-refractivity contribution in [3.8, 4) is 0 Å². The number of hydrogen-bond acceptors (Lipinski definition) is 1. The first-order valence-corrected chi connectivity index (χ1v) is 18.5. The predicted octanol–water partition coefficient (Wildman–Crippen LogP) is 7.84. The Labute approximate surface area is 160 Å². The molecule has 25 heavy (non-hydrogen) atoms. The Morgan fingerprint density at radius 2 is 1.32 bits per heavy atom. The van der Waals surface area contributed by atoms with Crippen LogP contribution in [-0.2, 0) is 4.74 Å². The van der Waals surface area contributed by atoms with E-state index in [1.54, 1.807) is 5.56 Å². The first-order chi connectivity index (χ1) is 12.1. The van der Waals surface area contributed by atoms with Crippen LogP contribution in [0.15, 0.2) is 24.3 Å². The second kappa shape index (κ2) is 10.3. The molecule has 1 aromatic rings. The minimum atomic E-state index is -2.41. The Hall–Kier alpha value is -0.0213. The molecule has 1 heterocycles. The molecule has 0 amide bonds. The van der Waals surface area contributed by atoms with Crippen molar-refractivity contribution in [1.82, 2.24) is 0 Å². The summed E-state index contributed by atoms with van der Waals surface area (Å²) in [4.78, 5) is 0. The van der Waals surface area contributed by atoms with Crippen LogP contribution in [0, 0.1) is 5.92 Å². The van der Waals surface area contributed by atoms with E-state index < -0.39 is 18.4 Å². The molecule has 0 aliphatic carbocycles. The topological polar surface area (TPSA) is 9.23 Å². The van der Waals surface area contributed by atoms with E-state index in [1.165, 1.54) is 57.4 Å². The van der Waals surface area contributed by atoms with Crippen molar-refractivity contribution in [3.05, 3.63) is 35.4 Å². The third-order valence-electron chi connectivity index (χ3n) is 6.11. The molecule has 0 N–H and O–H groups in total. The van der Waals surface area contributed by atoms with Gasteiger partial charge in [-0.15, -0.1) is 0 Å². The zero-order valence-corrected chi connectivity index (χ0v) is 20.2. The maximum atomic E-state index is 6.94. The molecule has 2 heteroatoms. The van der Waals surface area contributed by atoms with E-state index in [-0.39, 0.29) is 0 Å². The van der Waals surface area contributed by atoms with Gasteiger partial charge in [0.15, 0.2) is 0 Å². The van der Waals surface area contributed by atoms with Crippen molar-refractivity contribution in [2.75, 3.05) is 0 Å². The Morgan fingerprint density at radius 3 is 1.76 bits per heavy atom. The van der Waals surface area contributed by atoms with E-state index in [0.717, 1.165) is 0 Å². The van der Waals surface area contributed by atoms with Crippen molar-refractivity contribution in [2.24, 2.45) is 5.92 Å². The van der Waals surface area contributed by atoms with E-state index in [9.17, 15) is 0 Å². The number of ether oxygens (including phenoxy) is 1. The number of benzene rings is 1. The molecule has 0 spiro atoms. The molecule has 2 unspecified atom stereocenters. The summed E-state index contributed by atoms with van der Waals surface area (Å²) >= 11 is -2.41.